The third kappa shape index (κ3) is 3.02. The van der Waals surface area contributed by atoms with Crippen LogP contribution >= 0.6 is 0 Å². The monoisotopic (exact) mass is 381 g/mol. The Labute approximate surface area is 165 Å². The van der Waals surface area contributed by atoms with Gasteiger partial charge in [0.15, 0.2) is 0 Å². The SMILES string of the molecule is CCCN1C(=O)C2NNC(c3ccccc3)C2C1c1cc(OC)ccc1OC. The van der Waals surface area contributed by atoms with E-state index in [1.54, 1.807) is 14.2 Å². The smallest absolute Gasteiger partial charge is 0.242 e. The lowest BCUT2D eigenvalue weighted by Crippen LogP contribution is -2.41. The molecule has 0 aromatic heterocycles. The Bertz CT molecular complexity index is 842. The Hall–Kier alpha value is -2.57. The first kappa shape index (κ1) is 18.8. The summed E-state index contributed by atoms with van der Waals surface area (Å²) in [6.07, 6.45) is 0.900. The van der Waals surface area contributed by atoms with E-state index in [2.05, 4.69) is 29.9 Å². The fourth-order valence-electron chi connectivity index (χ4n) is 4.58. The number of hydrogen-bond donors (Lipinski definition) is 2. The van der Waals surface area contributed by atoms with E-state index in [0.29, 0.717) is 6.54 Å². The van der Waals surface area contributed by atoms with Crippen LogP contribution in [0.4, 0.5) is 0 Å². The van der Waals surface area contributed by atoms with Gasteiger partial charge in [-0.25, -0.2) is 10.9 Å². The van der Waals surface area contributed by atoms with Crippen molar-refractivity contribution in [1.29, 1.82) is 0 Å². The first-order valence-electron chi connectivity index (χ1n) is 9.78. The van der Waals surface area contributed by atoms with E-state index in [1.165, 1.54) is 5.56 Å². The lowest BCUT2D eigenvalue weighted by molar-refractivity contribution is -0.130. The number of benzene rings is 2. The third-order valence-corrected chi connectivity index (χ3v) is 5.79. The number of fused-ring (bicyclic) bond motifs is 1. The van der Waals surface area contributed by atoms with Gasteiger partial charge >= 0.3 is 0 Å². The summed E-state index contributed by atoms with van der Waals surface area (Å²) in [6, 6.07) is 15.8. The fraction of sp³-hybridized carbons (Fsp3) is 0.409. The molecule has 0 spiro atoms. The van der Waals surface area contributed by atoms with Gasteiger partial charge in [-0.3, -0.25) is 4.79 Å². The number of methoxy groups -OCH3 is 2. The van der Waals surface area contributed by atoms with Crippen LogP contribution in [0, 0.1) is 5.92 Å². The van der Waals surface area contributed by atoms with Gasteiger partial charge in [0, 0.05) is 18.0 Å². The first-order chi connectivity index (χ1) is 13.7. The van der Waals surface area contributed by atoms with E-state index in [9.17, 15) is 4.79 Å². The number of amides is 1. The average molecular weight is 381 g/mol. The van der Waals surface area contributed by atoms with Gasteiger partial charge in [0.05, 0.1) is 26.3 Å². The topological polar surface area (TPSA) is 62.8 Å². The lowest BCUT2D eigenvalue weighted by atomic mass is 9.83. The summed E-state index contributed by atoms with van der Waals surface area (Å²) < 4.78 is 11.1. The van der Waals surface area contributed by atoms with Gasteiger partial charge in [0.2, 0.25) is 5.91 Å². The molecule has 4 atom stereocenters. The maximum absolute atomic E-state index is 13.2. The van der Waals surface area contributed by atoms with Crippen molar-refractivity contribution < 1.29 is 14.3 Å². The largest absolute Gasteiger partial charge is 0.497 e. The Morgan fingerprint density at radius 3 is 2.43 bits per heavy atom. The molecule has 2 N–H and O–H groups in total. The fourth-order valence-corrected chi connectivity index (χ4v) is 4.58. The number of nitrogens with one attached hydrogen (secondary N) is 2. The molecule has 0 radical (unpaired) electrons. The van der Waals surface area contributed by atoms with E-state index >= 15 is 0 Å². The molecule has 6 heteroatoms. The minimum Gasteiger partial charge on any atom is -0.497 e. The van der Waals surface area contributed by atoms with Crippen molar-refractivity contribution in [2.45, 2.75) is 31.5 Å². The first-order valence-corrected chi connectivity index (χ1v) is 9.78. The molecule has 6 nitrogen and oxygen atoms in total. The summed E-state index contributed by atoms with van der Waals surface area (Å²) in [4.78, 5) is 15.2. The zero-order valence-electron chi connectivity index (χ0n) is 16.5. The predicted octanol–water partition coefficient (Wildman–Crippen LogP) is 2.83. The van der Waals surface area contributed by atoms with Gasteiger partial charge in [0.25, 0.3) is 0 Å². The van der Waals surface area contributed by atoms with Gasteiger partial charge in [-0.2, -0.15) is 0 Å². The minimum atomic E-state index is -0.266. The van der Waals surface area contributed by atoms with Crippen LogP contribution in [0.15, 0.2) is 48.5 Å². The molecule has 2 fully saturated rings. The van der Waals surface area contributed by atoms with Crippen LogP contribution in [0.1, 0.15) is 36.6 Å². The number of rotatable bonds is 6. The van der Waals surface area contributed by atoms with E-state index in [0.717, 1.165) is 23.5 Å². The molecule has 0 bridgehead atoms. The Kier molecular flexibility index (Phi) is 5.24. The van der Waals surface area contributed by atoms with Gasteiger partial charge < -0.3 is 14.4 Å². The van der Waals surface area contributed by atoms with Crippen LogP contribution in [0.25, 0.3) is 0 Å². The molecular formula is C22H27N3O3. The molecule has 2 heterocycles. The van der Waals surface area contributed by atoms with Crippen LogP contribution in [-0.2, 0) is 4.79 Å². The van der Waals surface area contributed by atoms with E-state index in [4.69, 9.17) is 9.47 Å². The highest BCUT2D eigenvalue weighted by Crippen LogP contribution is 2.49. The summed E-state index contributed by atoms with van der Waals surface area (Å²) in [5.74, 6) is 1.72. The molecule has 148 valence electrons. The summed E-state index contributed by atoms with van der Waals surface area (Å²) >= 11 is 0. The molecule has 2 aliphatic rings. The Morgan fingerprint density at radius 1 is 1.00 bits per heavy atom. The second kappa shape index (κ2) is 7.81. The summed E-state index contributed by atoms with van der Waals surface area (Å²) in [5.41, 5.74) is 8.78. The molecule has 28 heavy (non-hydrogen) atoms. The van der Waals surface area contributed by atoms with Crippen LogP contribution in [0.5, 0.6) is 11.5 Å². The number of carbonyl (C=O) groups excluding carboxylic acids is 1. The Balaban J connectivity index is 1.83. The molecule has 2 aromatic rings. The second-order valence-electron chi connectivity index (χ2n) is 7.32. The number of carbonyl (C=O) groups is 1. The van der Waals surface area contributed by atoms with E-state index in [1.807, 2.05) is 41.3 Å². The summed E-state index contributed by atoms with van der Waals surface area (Å²) in [7, 11) is 3.33. The Morgan fingerprint density at radius 2 is 1.75 bits per heavy atom. The van der Waals surface area contributed by atoms with Crippen molar-refractivity contribution in [3.63, 3.8) is 0 Å². The molecule has 2 aliphatic heterocycles. The molecule has 1 amide bonds. The number of hydrogen-bond acceptors (Lipinski definition) is 5. The van der Waals surface area contributed by atoms with Crippen molar-refractivity contribution in [2.24, 2.45) is 5.92 Å². The maximum atomic E-state index is 13.2. The van der Waals surface area contributed by atoms with Crippen LogP contribution < -0.4 is 20.3 Å². The summed E-state index contributed by atoms with van der Waals surface area (Å²) in [5, 5.41) is 0. The maximum Gasteiger partial charge on any atom is 0.242 e. The number of ether oxygens (including phenoxy) is 2. The molecule has 0 saturated carbocycles. The van der Waals surface area contributed by atoms with Crippen molar-refractivity contribution >= 4 is 5.91 Å². The lowest BCUT2D eigenvalue weighted by Gasteiger charge is -2.32. The number of likely N-dealkylation sites (tertiary alicyclic amines) is 1. The standard InChI is InChI=1S/C22H27N3O3/c1-4-12-25-21(16-13-15(27-2)10-11-17(16)28-3)18-19(14-8-6-5-7-9-14)23-24-20(18)22(25)26/h5-11,13,18-21,23-24H,4,12H2,1-3H3. The van der Waals surface area contributed by atoms with Crippen LogP contribution in [-0.4, -0.2) is 37.6 Å². The molecule has 4 rings (SSSR count). The zero-order chi connectivity index (χ0) is 19.7. The van der Waals surface area contributed by atoms with Gasteiger partial charge in [-0.1, -0.05) is 37.3 Å². The molecule has 2 saturated heterocycles. The zero-order valence-corrected chi connectivity index (χ0v) is 16.5. The second-order valence-corrected chi connectivity index (χ2v) is 7.32. The molecule has 0 aliphatic carbocycles. The number of nitrogens with zero attached hydrogens (tertiary/aromatic N) is 1. The molecular weight excluding hydrogens is 354 g/mol. The van der Waals surface area contributed by atoms with Crippen molar-refractivity contribution in [3.8, 4) is 11.5 Å². The average Bonchev–Trinajstić information content (AvgIpc) is 3.28. The van der Waals surface area contributed by atoms with Gasteiger partial charge in [-0.05, 0) is 30.2 Å². The highest BCUT2D eigenvalue weighted by molar-refractivity contribution is 5.86. The molecule has 4 unspecified atom stereocenters. The number of hydrazine groups is 1. The van der Waals surface area contributed by atoms with Crippen molar-refractivity contribution in [1.82, 2.24) is 15.8 Å². The van der Waals surface area contributed by atoms with Crippen LogP contribution in [0.2, 0.25) is 0 Å². The van der Waals surface area contributed by atoms with Crippen molar-refractivity contribution in [3.05, 3.63) is 59.7 Å². The normalized spacial score (nSPS) is 26.4. The molecule has 2 aromatic carbocycles. The van der Waals surface area contributed by atoms with Crippen molar-refractivity contribution in [2.75, 3.05) is 20.8 Å². The quantitative estimate of drug-likeness (QED) is 0.806. The predicted molar refractivity (Wildman–Crippen MR) is 107 cm³/mol. The van der Waals surface area contributed by atoms with E-state index in [-0.39, 0.29) is 30.0 Å². The van der Waals surface area contributed by atoms with Crippen LogP contribution in [0.3, 0.4) is 0 Å². The highest BCUT2D eigenvalue weighted by atomic mass is 16.5. The highest BCUT2D eigenvalue weighted by Gasteiger charge is 2.55. The summed E-state index contributed by atoms with van der Waals surface area (Å²) in [6.45, 7) is 2.81. The third-order valence-electron chi connectivity index (χ3n) is 5.79. The minimum absolute atomic E-state index is 0.0258. The van der Waals surface area contributed by atoms with E-state index < -0.39 is 0 Å². The van der Waals surface area contributed by atoms with Gasteiger partial charge in [0.1, 0.15) is 17.5 Å². The van der Waals surface area contributed by atoms with Gasteiger partial charge in [-0.15, -0.1) is 0 Å².